The zero-order chi connectivity index (χ0) is 13.2. The Kier molecular flexibility index (Phi) is 2.72. The zero-order valence-electron chi connectivity index (χ0n) is 10.3. The van der Waals surface area contributed by atoms with Gasteiger partial charge in [-0.2, -0.15) is 0 Å². The fourth-order valence-corrected chi connectivity index (χ4v) is 2.05. The lowest BCUT2D eigenvalue weighted by atomic mass is 10.1. The Labute approximate surface area is 111 Å². The lowest BCUT2D eigenvalue weighted by molar-refractivity contribution is 0.491. The van der Waals surface area contributed by atoms with Gasteiger partial charge in [0, 0.05) is 5.39 Å². The summed E-state index contributed by atoms with van der Waals surface area (Å²) in [4.78, 5) is 0. The fourth-order valence-electron chi connectivity index (χ4n) is 2.05. The van der Waals surface area contributed by atoms with Crippen molar-refractivity contribution in [2.45, 2.75) is 0 Å². The fraction of sp³-hybridized carbons (Fsp3) is 0. The van der Waals surface area contributed by atoms with Crippen LogP contribution >= 0.6 is 0 Å². The van der Waals surface area contributed by atoms with E-state index in [9.17, 15) is 0 Å². The van der Waals surface area contributed by atoms with Crippen molar-refractivity contribution >= 4 is 22.1 Å². The normalized spacial score (nSPS) is 10.5. The van der Waals surface area contributed by atoms with E-state index in [0.29, 0.717) is 17.1 Å². The van der Waals surface area contributed by atoms with E-state index < -0.39 is 0 Å². The maximum atomic E-state index is 5.92. The molecular weight excluding hydrogens is 236 g/mol. The highest BCUT2D eigenvalue weighted by Gasteiger charge is 2.07. The van der Waals surface area contributed by atoms with E-state index in [-0.39, 0.29) is 0 Å². The van der Waals surface area contributed by atoms with Crippen molar-refractivity contribution in [3.05, 3.63) is 60.7 Å². The summed E-state index contributed by atoms with van der Waals surface area (Å²) in [6, 6.07) is 19.4. The standard InChI is InChI=1S/C16H14N2O/c17-13-8-4-10-15(16(13)18)19-14-9-3-6-11-5-1-2-7-12(11)14/h1-10H,17-18H2. The number of para-hydroxylation sites is 1. The highest BCUT2D eigenvalue weighted by Crippen LogP contribution is 2.34. The molecule has 19 heavy (non-hydrogen) atoms. The summed E-state index contributed by atoms with van der Waals surface area (Å²) in [5.41, 5.74) is 12.7. The molecular formula is C16H14N2O. The van der Waals surface area contributed by atoms with Crippen molar-refractivity contribution in [2.24, 2.45) is 0 Å². The average Bonchev–Trinajstić information content (AvgIpc) is 2.44. The molecule has 0 spiro atoms. The number of ether oxygens (including phenoxy) is 1. The number of nitrogen functional groups attached to an aromatic ring is 2. The molecule has 0 unspecified atom stereocenters. The van der Waals surface area contributed by atoms with Crippen LogP contribution in [0.5, 0.6) is 11.5 Å². The van der Waals surface area contributed by atoms with Crippen molar-refractivity contribution in [1.29, 1.82) is 0 Å². The van der Waals surface area contributed by atoms with Gasteiger partial charge in [0.1, 0.15) is 5.75 Å². The second kappa shape index (κ2) is 4.53. The van der Waals surface area contributed by atoms with Gasteiger partial charge in [-0.05, 0) is 23.6 Å². The van der Waals surface area contributed by atoms with Crippen LogP contribution in [0.25, 0.3) is 10.8 Å². The summed E-state index contributed by atoms with van der Waals surface area (Å²) in [6.07, 6.45) is 0. The molecule has 3 nitrogen and oxygen atoms in total. The van der Waals surface area contributed by atoms with Crippen LogP contribution in [0.1, 0.15) is 0 Å². The topological polar surface area (TPSA) is 61.3 Å². The molecule has 4 N–H and O–H groups in total. The number of hydrogen-bond donors (Lipinski definition) is 2. The van der Waals surface area contributed by atoms with Gasteiger partial charge in [0.05, 0.1) is 11.4 Å². The third kappa shape index (κ3) is 2.06. The van der Waals surface area contributed by atoms with Crippen LogP contribution in [0.2, 0.25) is 0 Å². The molecule has 0 aliphatic heterocycles. The summed E-state index contributed by atoms with van der Waals surface area (Å²) < 4.78 is 5.90. The molecule has 0 radical (unpaired) electrons. The summed E-state index contributed by atoms with van der Waals surface area (Å²) in [6.45, 7) is 0. The quantitative estimate of drug-likeness (QED) is 0.680. The lowest BCUT2D eigenvalue weighted by Crippen LogP contribution is -1.97. The van der Waals surface area contributed by atoms with Crippen LogP contribution in [0.15, 0.2) is 60.7 Å². The van der Waals surface area contributed by atoms with Gasteiger partial charge in [0.15, 0.2) is 5.75 Å². The van der Waals surface area contributed by atoms with Crippen LogP contribution in [0.4, 0.5) is 11.4 Å². The molecule has 0 aromatic heterocycles. The second-order valence-electron chi connectivity index (χ2n) is 4.34. The Hall–Kier alpha value is -2.68. The van der Waals surface area contributed by atoms with Crippen molar-refractivity contribution in [3.8, 4) is 11.5 Å². The number of benzene rings is 3. The molecule has 0 bridgehead atoms. The first-order chi connectivity index (χ1) is 9.25. The summed E-state index contributed by atoms with van der Waals surface area (Å²) in [5.74, 6) is 1.35. The van der Waals surface area contributed by atoms with Gasteiger partial charge in [0.25, 0.3) is 0 Å². The number of hydrogen-bond acceptors (Lipinski definition) is 3. The maximum absolute atomic E-state index is 5.92. The molecule has 0 atom stereocenters. The second-order valence-corrected chi connectivity index (χ2v) is 4.34. The third-order valence-electron chi connectivity index (χ3n) is 3.07. The molecule has 0 aliphatic rings. The monoisotopic (exact) mass is 250 g/mol. The zero-order valence-corrected chi connectivity index (χ0v) is 10.3. The first-order valence-electron chi connectivity index (χ1n) is 6.05. The molecule has 3 aromatic rings. The van der Waals surface area contributed by atoms with Crippen molar-refractivity contribution < 1.29 is 4.74 Å². The molecule has 3 heteroatoms. The van der Waals surface area contributed by atoms with E-state index in [0.717, 1.165) is 16.5 Å². The predicted molar refractivity (Wildman–Crippen MR) is 79.3 cm³/mol. The lowest BCUT2D eigenvalue weighted by Gasteiger charge is -2.11. The summed E-state index contributed by atoms with van der Waals surface area (Å²) in [7, 11) is 0. The maximum Gasteiger partial charge on any atom is 0.152 e. The van der Waals surface area contributed by atoms with Crippen molar-refractivity contribution in [2.75, 3.05) is 11.5 Å². The van der Waals surface area contributed by atoms with Gasteiger partial charge in [-0.25, -0.2) is 0 Å². The highest BCUT2D eigenvalue weighted by molar-refractivity contribution is 5.88. The van der Waals surface area contributed by atoms with Gasteiger partial charge in [-0.3, -0.25) is 0 Å². The van der Waals surface area contributed by atoms with E-state index in [4.69, 9.17) is 16.2 Å². The molecule has 3 rings (SSSR count). The molecule has 3 aromatic carbocycles. The van der Waals surface area contributed by atoms with Gasteiger partial charge in [-0.1, -0.05) is 42.5 Å². The molecule has 94 valence electrons. The van der Waals surface area contributed by atoms with Crippen molar-refractivity contribution in [1.82, 2.24) is 0 Å². The molecule has 0 amide bonds. The Morgan fingerprint density at radius 3 is 2.26 bits per heavy atom. The number of rotatable bonds is 2. The Morgan fingerprint density at radius 1 is 0.684 bits per heavy atom. The van der Waals surface area contributed by atoms with Crippen molar-refractivity contribution in [3.63, 3.8) is 0 Å². The van der Waals surface area contributed by atoms with Crippen LogP contribution in [0, 0.1) is 0 Å². The summed E-state index contributed by atoms with van der Waals surface area (Å²) >= 11 is 0. The predicted octanol–water partition coefficient (Wildman–Crippen LogP) is 3.80. The average molecular weight is 250 g/mol. The Balaban J connectivity index is 2.09. The minimum absolute atomic E-state index is 0.468. The van der Waals surface area contributed by atoms with Gasteiger partial charge in [-0.15, -0.1) is 0 Å². The molecule has 0 heterocycles. The van der Waals surface area contributed by atoms with E-state index in [1.54, 1.807) is 6.07 Å². The third-order valence-corrected chi connectivity index (χ3v) is 3.07. The molecule has 0 aliphatic carbocycles. The van der Waals surface area contributed by atoms with Crippen LogP contribution in [-0.4, -0.2) is 0 Å². The molecule has 0 fully saturated rings. The number of nitrogens with two attached hydrogens (primary N) is 2. The van der Waals surface area contributed by atoms with E-state index >= 15 is 0 Å². The Morgan fingerprint density at radius 2 is 1.37 bits per heavy atom. The minimum atomic E-state index is 0.468. The summed E-state index contributed by atoms with van der Waals surface area (Å²) in [5, 5.41) is 2.18. The Bertz CT molecular complexity index is 732. The first-order valence-corrected chi connectivity index (χ1v) is 6.05. The number of fused-ring (bicyclic) bond motifs is 1. The van der Waals surface area contributed by atoms with Gasteiger partial charge >= 0.3 is 0 Å². The first kappa shape index (κ1) is 11.4. The highest BCUT2D eigenvalue weighted by atomic mass is 16.5. The van der Waals surface area contributed by atoms with E-state index in [2.05, 4.69) is 0 Å². The van der Waals surface area contributed by atoms with E-state index in [1.807, 2.05) is 54.6 Å². The van der Waals surface area contributed by atoms with Gasteiger partial charge in [0.2, 0.25) is 0 Å². The smallest absolute Gasteiger partial charge is 0.152 e. The largest absolute Gasteiger partial charge is 0.454 e. The number of anilines is 2. The van der Waals surface area contributed by atoms with Gasteiger partial charge < -0.3 is 16.2 Å². The van der Waals surface area contributed by atoms with E-state index in [1.165, 1.54) is 0 Å². The van der Waals surface area contributed by atoms with Crippen LogP contribution in [0.3, 0.4) is 0 Å². The molecule has 0 saturated carbocycles. The SMILES string of the molecule is Nc1cccc(Oc2cccc3ccccc23)c1N. The van der Waals surface area contributed by atoms with Crippen LogP contribution < -0.4 is 16.2 Å². The molecule has 0 saturated heterocycles. The minimum Gasteiger partial charge on any atom is -0.454 e. The van der Waals surface area contributed by atoms with Crippen LogP contribution in [-0.2, 0) is 0 Å².